The first kappa shape index (κ1) is 10.0. The van der Waals surface area contributed by atoms with Crippen LogP contribution in [0.2, 0.25) is 0 Å². The molecular formula is C12H16N2O. The molecule has 1 amide bonds. The summed E-state index contributed by atoms with van der Waals surface area (Å²) in [5.41, 5.74) is 5.94. The summed E-state index contributed by atoms with van der Waals surface area (Å²) in [4.78, 5) is 11.5. The first-order valence-corrected chi connectivity index (χ1v) is 5.36. The van der Waals surface area contributed by atoms with Crippen LogP contribution in [-0.4, -0.2) is 11.4 Å². The first-order chi connectivity index (χ1) is 7.23. The summed E-state index contributed by atoms with van der Waals surface area (Å²) in [6.07, 6.45) is 3.83. The van der Waals surface area contributed by atoms with Crippen molar-refractivity contribution in [3.05, 3.63) is 30.3 Å². The number of anilines is 1. The van der Waals surface area contributed by atoms with E-state index in [9.17, 15) is 4.79 Å². The van der Waals surface area contributed by atoms with Crippen molar-refractivity contribution in [2.45, 2.75) is 31.2 Å². The van der Waals surface area contributed by atoms with E-state index in [0.29, 0.717) is 0 Å². The molecule has 0 aliphatic heterocycles. The third-order valence-electron chi connectivity index (χ3n) is 3.09. The van der Waals surface area contributed by atoms with Gasteiger partial charge in [0.1, 0.15) is 5.54 Å². The Morgan fingerprint density at radius 1 is 1.20 bits per heavy atom. The van der Waals surface area contributed by atoms with Gasteiger partial charge in [-0.05, 0) is 25.0 Å². The van der Waals surface area contributed by atoms with E-state index in [1.807, 2.05) is 30.3 Å². The minimum absolute atomic E-state index is 0.233. The molecule has 1 aromatic rings. The average molecular weight is 204 g/mol. The molecule has 0 radical (unpaired) electrons. The maximum Gasteiger partial charge on any atom is 0.243 e. The molecule has 3 N–H and O–H groups in total. The summed E-state index contributed by atoms with van der Waals surface area (Å²) in [6.45, 7) is 0. The van der Waals surface area contributed by atoms with E-state index in [2.05, 4.69) is 5.32 Å². The van der Waals surface area contributed by atoms with Crippen molar-refractivity contribution in [1.29, 1.82) is 0 Å². The Balaban J connectivity index is 2.18. The quantitative estimate of drug-likeness (QED) is 0.790. The van der Waals surface area contributed by atoms with Crippen LogP contribution in [0, 0.1) is 0 Å². The summed E-state index contributed by atoms with van der Waals surface area (Å²) in [5.74, 6) is -0.233. The molecule has 1 aromatic carbocycles. The van der Waals surface area contributed by atoms with Crippen molar-refractivity contribution >= 4 is 11.6 Å². The van der Waals surface area contributed by atoms with Gasteiger partial charge in [-0.3, -0.25) is 4.79 Å². The molecule has 2 rings (SSSR count). The third-order valence-corrected chi connectivity index (χ3v) is 3.09. The highest BCUT2D eigenvalue weighted by Gasteiger charge is 2.39. The zero-order valence-electron chi connectivity index (χ0n) is 8.70. The van der Waals surface area contributed by atoms with Crippen LogP contribution in [0.3, 0.4) is 0 Å². The van der Waals surface area contributed by atoms with Gasteiger partial charge >= 0.3 is 0 Å². The van der Waals surface area contributed by atoms with E-state index in [1.165, 1.54) is 0 Å². The van der Waals surface area contributed by atoms with Gasteiger partial charge in [-0.25, -0.2) is 0 Å². The van der Waals surface area contributed by atoms with Crippen LogP contribution >= 0.6 is 0 Å². The molecular weight excluding hydrogens is 188 g/mol. The normalized spacial score (nSPS) is 18.7. The molecule has 0 aromatic heterocycles. The largest absolute Gasteiger partial charge is 0.371 e. The fourth-order valence-corrected chi connectivity index (χ4v) is 2.21. The van der Waals surface area contributed by atoms with E-state index in [1.54, 1.807) is 0 Å². The van der Waals surface area contributed by atoms with Crippen molar-refractivity contribution in [3.63, 3.8) is 0 Å². The number of primary amides is 1. The Morgan fingerprint density at radius 3 is 2.33 bits per heavy atom. The number of para-hydroxylation sites is 1. The maximum absolute atomic E-state index is 11.5. The molecule has 1 saturated carbocycles. The van der Waals surface area contributed by atoms with Gasteiger partial charge in [0.2, 0.25) is 5.91 Å². The fourth-order valence-electron chi connectivity index (χ4n) is 2.21. The summed E-state index contributed by atoms with van der Waals surface area (Å²) in [7, 11) is 0. The van der Waals surface area contributed by atoms with Gasteiger partial charge in [0.25, 0.3) is 0 Å². The van der Waals surface area contributed by atoms with Crippen molar-refractivity contribution < 1.29 is 4.79 Å². The van der Waals surface area contributed by atoms with Crippen molar-refractivity contribution in [1.82, 2.24) is 0 Å². The van der Waals surface area contributed by atoms with Crippen LogP contribution in [0.4, 0.5) is 5.69 Å². The molecule has 0 bridgehead atoms. The number of nitrogens with one attached hydrogen (secondary N) is 1. The highest BCUT2D eigenvalue weighted by Crippen LogP contribution is 2.32. The smallest absolute Gasteiger partial charge is 0.243 e. The van der Waals surface area contributed by atoms with Crippen molar-refractivity contribution in [2.24, 2.45) is 5.73 Å². The highest BCUT2D eigenvalue weighted by atomic mass is 16.1. The predicted molar refractivity (Wildman–Crippen MR) is 60.5 cm³/mol. The topological polar surface area (TPSA) is 55.1 Å². The molecule has 0 spiro atoms. The molecule has 3 nitrogen and oxygen atoms in total. The van der Waals surface area contributed by atoms with Crippen LogP contribution in [0.1, 0.15) is 25.7 Å². The Kier molecular flexibility index (Phi) is 2.62. The van der Waals surface area contributed by atoms with Gasteiger partial charge < -0.3 is 11.1 Å². The molecule has 1 aliphatic rings. The van der Waals surface area contributed by atoms with Gasteiger partial charge in [0.15, 0.2) is 0 Å². The van der Waals surface area contributed by atoms with E-state index >= 15 is 0 Å². The van der Waals surface area contributed by atoms with Gasteiger partial charge in [-0.2, -0.15) is 0 Å². The zero-order valence-corrected chi connectivity index (χ0v) is 8.70. The Hall–Kier alpha value is -1.51. The lowest BCUT2D eigenvalue weighted by Gasteiger charge is -2.27. The molecule has 0 heterocycles. The summed E-state index contributed by atoms with van der Waals surface area (Å²) < 4.78 is 0. The first-order valence-electron chi connectivity index (χ1n) is 5.36. The molecule has 1 aliphatic carbocycles. The number of amides is 1. The number of rotatable bonds is 3. The van der Waals surface area contributed by atoms with E-state index in [0.717, 1.165) is 31.4 Å². The van der Waals surface area contributed by atoms with Crippen molar-refractivity contribution in [3.8, 4) is 0 Å². The summed E-state index contributed by atoms with van der Waals surface area (Å²) in [5, 5.41) is 3.28. The lowest BCUT2D eigenvalue weighted by Crippen LogP contribution is -2.48. The molecule has 3 heteroatoms. The van der Waals surface area contributed by atoms with Crippen LogP contribution in [0.15, 0.2) is 30.3 Å². The Labute approximate surface area is 89.7 Å². The van der Waals surface area contributed by atoms with Gasteiger partial charge in [0, 0.05) is 5.69 Å². The average Bonchev–Trinajstić information content (AvgIpc) is 2.69. The van der Waals surface area contributed by atoms with Crippen molar-refractivity contribution in [2.75, 3.05) is 5.32 Å². The minimum atomic E-state index is -0.513. The number of carbonyl (C=O) groups excluding carboxylic acids is 1. The van der Waals surface area contributed by atoms with E-state index < -0.39 is 5.54 Å². The van der Waals surface area contributed by atoms with E-state index in [-0.39, 0.29) is 5.91 Å². The number of carbonyl (C=O) groups is 1. The van der Waals surface area contributed by atoms with Crippen LogP contribution in [-0.2, 0) is 4.79 Å². The number of benzene rings is 1. The molecule has 80 valence electrons. The monoisotopic (exact) mass is 204 g/mol. The highest BCUT2D eigenvalue weighted by molar-refractivity contribution is 5.88. The molecule has 1 fully saturated rings. The summed E-state index contributed by atoms with van der Waals surface area (Å²) >= 11 is 0. The second-order valence-electron chi connectivity index (χ2n) is 4.14. The SMILES string of the molecule is NC(=O)C1(Nc2ccccc2)CCCC1. The van der Waals surface area contributed by atoms with Crippen LogP contribution < -0.4 is 11.1 Å². The number of hydrogen-bond donors (Lipinski definition) is 2. The lowest BCUT2D eigenvalue weighted by atomic mass is 9.96. The standard InChI is InChI=1S/C12H16N2O/c13-11(15)12(8-4-5-9-12)14-10-6-2-1-3-7-10/h1-3,6-7,14H,4-5,8-9H2,(H2,13,15). The predicted octanol–water partition coefficient (Wildman–Crippen LogP) is 1.90. The molecule has 0 atom stereocenters. The van der Waals surface area contributed by atoms with Gasteiger partial charge in [-0.1, -0.05) is 31.0 Å². The second kappa shape index (κ2) is 3.93. The fraction of sp³-hybridized carbons (Fsp3) is 0.417. The van der Waals surface area contributed by atoms with E-state index in [4.69, 9.17) is 5.73 Å². The maximum atomic E-state index is 11.5. The molecule has 0 unspecified atom stereocenters. The van der Waals surface area contributed by atoms with Gasteiger partial charge in [0.05, 0.1) is 0 Å². The second-order valence-corrected chi connectivity index (χ2v) is 4.14. The minimum Gasteiger partial charge on any atom is -0.371 e. The van der Waals surface area contributed by atoms with Crippen LogP contribution in [0.25, 0.3) is 0 Å². The zero-order chi connectivity index (χ0) is 10.7. The molecule has 15 heavy (non-hydrogen) atoms. The Bertz CT molecular complexity index is 342. The third kappa shape index (κ3) is 1.96. The van der Waals surface area contributed by atoms with Gasteiger partial charge in [-0.15, -0.1) is 0 Å². The summed E-state index contributed by atoms with van der Waals surface area (Å²) in [6, 6.07) is 9.78. The number of nitrogens with two attached hydrogens (primary N) is 1. The lowest BCUT2D eigenvalue weighted by molar-refractivity contribution is -0.122. The number of hydrogen-bond acceptors (Lipinski definition) is 2. The van der Waals surface area contributed by atoms with Crippen LogP contribution in [0.5, 0.6) is 0 Å². The Morgan fingerprint density at radius 2 is 1.80 bits per heavy atom. The molecule has 0 saturated heterocycles.